The molecule has 0 radical (unpaired) electrons. The summed E-state index contributed by atoms with van der Waals surface area (Å²) in [5.74, 6) is -0.116. The second kappa shape index (κ2) is 7.82. The molecule has 2 rings (SSSR count). The Morgan fingerprint density at radius 1 is 1.23 bits per heavy atom. The SMILES string of the molecule is CC(NCc1ccc(OCc2ccccc2Cl)cc1)C(=O)O. The highest BCUT2D eigenvalue weighted by Gasteiger charge is 2.09. The third-order valence-electron chi connectivity index (χ3n) is 3.26. The molecule has 116 valence electrons. The van der Waals surface area contributed by atoms with Crippen LogP contribution in [-0.2, 0) is 17.9 Å². The largest absolute Gasteiger partial charge is 0.489 e. The second-order valence-electron chi connectivity index (χ2n) is 4.96. The lowest BCUT2D eigenvalue weighted by atomic mass is 10.2. The minimum atomic E-state index is -0.861. The molecule has 1 unspecified atom stereocenters. The van der Waals surface area contributed by atoms with Gasteiger partial charge in [-0.05, 0) is 30.7 Å². The van der Waals surface area contributed by atoms with Crippen molar-refractivity contribution in [3.63, 3.8) is 0 Å². The van der Waals surface area contributed by atoms with Crippen molar-refractivity contribution >= 4 is 17.6 Å². The fraction of sp³-hybridized carbons (Fsp3) is 0.235. The summed E-state index contributed by atoms with van der Waals surface area (Å²) >= 11 is 6.08. The molecule has 0 fully saturated rings. The van der Waals surface area contributed by atoms with Gasteiger partial charge in [0.2, 0.25) is 0 Å². The van der Waals surface area contributed by atoms with Crippen molar-refractivity contribution in [1.82, 2.24) is 5.32 Å². The van der Waals surface area contributed by atoms with Crippen molar-refractivity contribution < 1.29 is 14.6 Å². The first kappa shape index (κ1) is 16.3. The van der Waals surface area contributed by atoms with Crippen molar-refractivity contribution in [3.8, 4) is 5.75 Å². The molecular weight excluding hydrogens is 302 g/mol. The van der Waals surface area contributed by atoms with Gasteiger partial charge in [0.1, 0.15) is 18.4 Å². The van der Waals surface area contributed by atoms with Crippen LogP contribution in [0.1, 0.15) is 18.1 Å². The highest BCUT2D eigenvalue weighted by molar-refractivity contribution is 6.31. The molecule has 1 atom stereocenters. The average Bonchev–Trinajstić information content (AvgIpc) is 2.52. The summed E-state index contributed by atoms with van der Waals surface area (Å²) in [6.45, 7) is 2.52. The minimum Gasteiger partial charge on any atom is -0.489 e. The number of ether oxygens (including phenoxy) is 1. The van der Waals surface area contributed by atoms with Gasteiger partial charge in [-0.15, -0.1) is 0 Å². The third-order valence-corrected chi connectivity index (χ3v) is 3.63. The van der Waals surface area contributed by atoms with E-state index in [1.807, 2.05) is 48.5 Å². The van der Waals surface area contributed by atoms with Gasteiger partial charge < -0.3 is 15.2 Å². The number of carbonyl (C=O) groups is 1. The molecule has 0 aliphatic carbocycles. The summed E-state index contributed by atoms with van der Waals surface area (Å²) in [6.07, 6.45) is 0. The van der Waals surface area contributed by atoms with E-state index < -0.39 is 12.0 Å². The van der Waals surface area contributed by atoms with Gasteiger partial charge >= 0.3 is 5.97 Å². The van der Waals surface area contributed by atoms with Gasteiger partial charge in [-0.25, -0.2) is 0 Å². The Bertz CT molecular complexity index is 628. The van der Waals surface area contributed by atoms with Gasteiger partial charge in [-0.1, -0.05) is 41.9 Å². The molecular formula is C17H18ClNO3. The molecule has 2 N–H and O–H groups in total. The van der Waals surface area contributed by atoms with Gasteiger partial charge in [0.05, 0.1) is 0 Å². The predicted octanol–water partition coefficient (Wildman–Crippen LogP) is 3.48. The summed E-state index contributed by atoms with van der Waals surface area (Å²) in [5, 5.41) is 12.4. The van der Waals surface area contributed by atoms with Gasteiger partial charge in [0.25, 0.3) is 0 Å². The first-order valence-electron chi connectivity index (χ1n) is 6.97. The van der Waals surface area contributed by atoms with Gasteiger partial charge in [-0.2, -0.15) is 0 Å². The molecule has 22 heavy (non-hydrogen) atoms. The van der Waals surface area contributed by atoms with Crippen LogP contribution in [-0.4, -0.2) is 17.1 Å². The fourth-order valence-corrected chi connectivity index (χ4v) is 2.03. The standard InChI is InChI=1S/C17H18ClNO3/c1-12(17(20)21)19-10-13-6-8-15(9-7-13)22-11-14-4-2-3-5-16(14)18/h2-9,12,19H,10-11H2,1H3,(H,20,21). The molecule has 0 saturated heterocycles. The summed E-state index contributed by atoms with van der Waals surface area (Å²) in [7, 11) is 0. The molecule has 0 aromatic heterocycles. The monoisotopic (exact) mass is 319 g/mol. The third kappa shape index (κ3) is 4.76. The zero-order valence-electron chi connectivity index (χ0n) is 12.3. The maximum absolute atomic E-state index is 10.7. The Hall–Kier alpha value is -2.04. The Morgan fingerprint density at radius 2 is 1.91 bits per heavy atom. The van der Waals surface area contributed by atoms with Crippen molar-refractivity contribution in [2.75, 3.05) is 0 Å². The molecule has 5 heteroatoms. The number of aliphatic carboxylic acids is 1. The number of rotatable bonds is 7. The van der Waals surface area contributed by atoms with Gasteiger partial charge in [0.15, 0.2) is 0 Å². The van der Waals surface area contributed by atoms with Crippen LogP contribution in [0.15, 0.2) is 48.5 Å². The number of carboxylic acids is 1. The summed E-state index contributed by atoms with van der Waals surface area (Å²) in [6, 6.07) is 14.5. The highest BCUT2D eigenvalue weighted by atomic mass is 35.5. The van der Waals surface area contributed by atoms with E-state index in [0.29, 0.717) is 18.2 Å². The Kier molecular flexibility index (Phi) is 5.81. The van der Waals surface area contributed by atoms with Crippen LogP contribution >= 0.6 is 11.6 Å². The number of hydrogen-bond acceptors (Lipinski definition) is 3. The van der Waals surface area contributed by atoms with Crippen molar-refractivity contribution in [2.45, 2.75) is 26.1 Å². The molecule has 0 saturated carbocycles. The van der Waals surface area contributed by atoms with Crippen LogP contribution in [0.25, 0.3) is 0 Å². The molecule has 0 heterocycles. The van der Waals surface area contributed by atoms with E-state index in [2.05, 4.69) is 5.32 Å². The van der Waals surface area contributed by atoms with Crippen LogP contribution in [0.5, 0.6) is 5.75 Å². The number of carboxylic acid groups (broad SMARTS) is 1. The molecule has 0 spiro atoms. The van der Waals surface area contributed by atoms with Crippen LogP contribution in [0.3, 0.4) is 0 Å². The van der Waals surface area contributed by atoms with E-state index in [-0.39, 0.29) is 0 Å². The lowest BCUT2D eigenvalue weighted by Crippen LogP contribution is -2.33. The van der Waals surface area contributed by atoms with E-state index in [9.17, 15) is 4.79 Å². The second-order valence-corrected chi connectivity index (χ2v) is 5.37. The van der Waals surface area contributed by atoms with Crippen LogP contribution in [0.2, 0.25) is 5.02 Å². The van der Waals surface area contributed by atoms with Crippen molar-refractivity contribution in [1.29, 1.82) is 0 Å². The topological polar surface area (TPSA) is 58.6 Å². The molecule has 2 aromatic rings. The molecule has 0 aliphatic heterocycles. The van der Waals surface area contributed by atoms with E-state index >= 15 is 0 Å². The number of nitrogens with one attached hydrogen (secondary N) is 1. The average molecular weight is 320 g/mol. The van der Waals surface area contributed by atoms with E-state index in [1.165, 1.54) is 0 Å². The number of halogens is 1. The maximum atomic E-state index is 10.7. The lowest BCUT2D eigenvalue weighted by Gasteiger charge is -2.10. The van der Waals surface area contributed by atoms with Crippen LogP contribution in [0, 0.1) is 0 Å². The maximum Gasteiger partial charge on any atom is 0.320 e. The van der Waals surface area contributed by atoms with Gasteiger partial charge in [0, 0.05) is 17.1 Å². The molecule has 4 nitrogen and oxygen atoms in total. The molecule has 0 bridgehead atoms. The molecule has 0 aliphatic rings. The van der Waals surface area contributed by atoms with Crippen LogP contribution < -0.4 is 10.1 Å². The summed E-state index contributed by atoms with van der Waals surface area (Å²) in [5.41, 5.74) is 1.93. The van der Waals surface area contributed by atoms with Gasteiger partial charge in [-0.3, -0.25) is 4.79 Å². The number of benzene rings is 2. The van der Waals surface area contributed by atoms with E-state index in [0.717, 1.165) is 16.9 Å². The van der Waals surface area contributed by atoms with E-state index in [4.69, 9.17) is 21.4 Å². The Morgan fingerprint density at radius 3 is 2.55 bits per heavy atom. The Labute approximate surface area is 134 Å². The first-order chi connectivity index (χ1) is 10.6. The fourth-order valence-electron chi connectivity index (χ4n) is 1.84. The normalized spacial score (nSPS) is 11.9. The summed E-state index contributed by atoms with van der Waals surface area (Å²) in [4.78, 5) is 10.7. The van der Waals surface area contributed by atoms with Crippen molar-refractivity contribution in [3.05, 3.63) is 64.7 Å². The van der Waals surface area contributed by atoms with Crippen molar-refractivity contribution in [2.24, 2.45) is 0 Å². The zero-order chi connectivity index (χ0) is 15.9. The van der Waals surface area contributed by atoms with E-state index in [1.54, 1.807) is 6.92 Å². The molecule has 2 aromatic carbocycles. The first-order valence-corrected chi connectivity index (χ1v) is 7.35. The lowest BCUT2D eigenvalue weighted by molar-refractivity contribution is -0.139. The minimum absolute atomic E-state index is 0.410. The summed E-state index contributed by atoms with van der Waals surface area (Å²) < 4.78 is 5.69. The van der Waals surface area contributed by atoms with Crippen LogP contribution in [0.4, 0.5) is 0 Å². The predicted molar refractivity (Wildman–Crippen MR) is 86.2 cm³/mol. The smallest absolute Gasteiger partial charge is 0.320 e. The quantitative estimate of drug-likeness (QED) is 0.820. The highest BCUT2D eigenvalue weighted by Crippen LogP contribution is 2.19. The molecule has 0 amide bonds. The zero-order valence-corrected chi connectivity index (χ0v) is 13.0. The Balaban J connectivity index is 1.87. The number of hydrogen-bond donors (Lipinski definition) is 2.